The third-order valence-corrected chi connectivity index (χ3v) is 2.35. The average Bonchev–Trinajstić information content (AvgIpc) is 2.09. The Morgan fingerprint density at radius 2 is 2.55 bits per heavy atom. The Morgan fingerprint density at radius 3 is 3.00 bits per heavy atom. The Labute approximate surface area is 68.3 Å². The zero-order valence-electron chi connectivity index (χ0n) is 7.18. The first-order valence-corrected chi connectivity index (χ1v) is 4.39. The zero-order valence-corrected chi connectivity index (χ0v) is 7.18. The monoisotopic (exact) mass is 158 g/mol. The van der Waals surface area contributed by atoms with Gasteiger partial charge in [-0.15, -0.1) is 0 Å². The standard InChI is InChI=1S/C8H18N2O/c1-2-7(5-9)8-6-11-4-3-10-8/h7-8,10H,2-6,9H2,1H3. The first-order chi connectivity index (χ1) is 5.38. The Hall–Kier alpha value is -0.120. The van der Waals surface area contributed by atoms with Crippen molar-refractivity contribution in [1.29, 1.82) is 0 Å². The fraction of sp³-hybridized carbons (Fsp3) is 1.00. The van der Waals surface area contributed by atoms with Crippen LogP contribution in [0.25, 0.3) is 0 Å². The molecule has 0 aromatic heterocycles. The zero-order chi connectivity index (χ0) is 8.10. The quantitative estimate of drug-likeness (QED) is 0.606. The van der Waals surface area contributed by atoms with Crippen molar-refractivity contribution in [3.63, 3.8) is 0 Å². The molecule has 0 bridgehead atoms. The normalized spacial score (nSPS) is 28.4. The lowest BCUT2D eigenvalue weighted by Gasteiger charge is -2.29. The van der Waals surface area contributed by atoms with Gasteiger partial charge in [0.1, 0.15) is 0 Å². The molecule has 2 unspecified atom stereocenters. The maximum absolute atomic E-state index is 5.62. The number of morpholine rings is 1. The maximum Gasteiger partial charge on any atom is 0.0623 e. The van der Waals surface area contributed by atoms with E-state index in [0.717, 1.165) is 32.7 Å². The first kappa shape index (κ1) is 8.97. The number of nitrogens with one attached hydrogen (secondary N) is 1. The van der Waals surface area contributed by atoms with Gasteiger partial charge in [-0.1, -0.05) is 13.3 Å². The minimum Gasteiger partial charge on any atom is -0.379 e. The summed E-state index contributed by atoms with van der Waals surface area (Å²) in [7, 11) is 0. The number of hydrogen-bond donors (Lipinski definition) is 2. The number of hydrogen-bond acceptors (Lipinski definition) is 3. The van der Waals surface area contributed by atoms with Gasteiger partial charge in [0.15, 0.2) is 0 Å². The van der Waals surface area contributed by atoms with Crippen molar-refractivity contribution in [3.05, 3.63) is 0 Å². The Bertz CT molecular complexity index is 98.3. The third-order valence-electron chi connectivity index (χ3n) is 2.35. The summed E-state index contributed by atoms with van der Waals surface area (Å²) in [5.74, 6) is 0.579. The van der Waals surface area contributed by atoms with Crippen molar-refractivity contribution < 1.29 is 4.74 Å². The smallest absolute Gasteiger partial charge is 0.0623 e. The SMILES string of the molecule is CCC(CN)C1COCCN1. The van der Waals surface area contributed by atoms with Gasteiger partial charge in [-0.05, 0) is 12.5 Å². The van der Waals surface area contributed by atoms with Crippen LogP contribution in [0, 0.1) is 5.92 Å². The fourth-order valence-electron chi connectivity index (χ4n) is 1.50. The van der Waals surface area contributed by atoms with Gasteiger partial charge >= 0.3 is 0 Å². The van der Waals surface area contributed by atoms with Gasteiger partial charge in [-0.25, -0.2) is 0 Å². The summed E-state index contributed by atoms with van der Waals surface area (Å²) < 4.78 is 5.35. The summed E-state index contributed by atoms with van der Waals surface area (Å²) in [6.07, 6.45) is 1.14. The predicted molar refractivity (Wildman–Crippen MR) is 45.4 cm³/mol. The molecule has 3 nitrogen and oxygen atoms in total. The molecule has 0 aromatic carbocycles. The molecule has 0 aromatic rings. The minimum atomic E-state index is 0.485. The summed E-state index contributed by atoms with van der Waals surface area (Å²) in [6, 6.07) is 0.485. The predicted octanol–water partition coefficient (Wildman–Crippen LogP) is -0.0403. The second kappa shape index (κ2) is 4.70. The van der Waals surface area contributed by atoms with Crippen molar-refractivity contribution in [2.45, 2.75) is 19.4 Å². The topological polar surface area (TPSA) is 47.3 Å². The summed E-state index contributed by atoms with van der Waals surface area (Å²) in [6.45, 7) is 5.58. The van der Waals surface area contributed by atoms with Crippen LogP contribution in [-0.4, -0.2) is 32.3 Å². The van der Waals surface area contributed by atoms with Crippen LogP contribution < -0.4 is 11.1 Å². The first-order valence-electron chi connectivity index (χ1n) is 4.39. The van der Waals surface area contributed by atoms with Crippen molar-refractivity contribution in [3.8, 4) is 0 Å². The van der Waals surface area contributed by atoms with E-state index in [4.69, 9.17) is 10.5 Å². The molecule has 1 heterocycles. The van der Waals surface area contributed by atoms with Crippen LogP contribution in [0.15, 0.2) is 0 Å². The van der Waals surface area contributed by atoms with E-state index in [9.17, 15) is 0 Å². The highest BCUT2D eigenvalue weighted by atomic mass is 16.5. The van der Waals surface area contributed by atoms with Crippen LogP contribution in [0.2, 0.25) is 0 Å². The van der Waals surface area contributed by atoms with E-state index in [0.29, 0.717) is 12.0 Å². The highest BCUT2D eigenvalue weighted by molar-refractivity contribution is 4.78. The highest BCUT2D eigenvalue weighted by Crippen LogP contribution is 2.09. The van der Waals surface area contributed by atoms with Gasteiger partial charge in [0, 0.05) is 12.6 Å². The molecule has 0 amide bonds. The number of rotatable bonds is 3. The Balaban J connectivity index is 2.30. The summed E-state index contributed by atoms with van der Waals surface area (Å²) >= 11 is 0. The summed E-state index contributed by atoms with van der Waals surface area (Å²) in [5.41, 5.74) is 5.62. The molecule has 3 N–H and O–H groups in total. The molecule has 66 valence electrons. The molecular weight excluding hydrogens is 140 g/mol. The third kappa shape index (κ3) is 2.43. The van der Waals surface area contributed by atoms with Gasteiger partial charge in [0.25, 0.3) is 0 Å². The fourth-order valence-corrected chi connectivity index (χ4v) is 1.50. The molecular formula is C8H18N2O. The maximum atomic E-state index is 5.62. The van der Waals surface area contributed by atoms with Gasteiger partial charge < -0.3 is 15.8 Å². The van der Waals surface area contributed by atoms with Gasteiger partial charge in [-0.3, -0.25) is 0 Å². The van der Waals surface area contributed by atoms with Crippen LogP contribution in [-0.2, 0) is 4.74 Å². The van der Waals surface area contributed by atoms with E-state index in [1.807, 2.05) is 0 Å². The largest absolute Gasteiger partial charge is 0.379 e. The lowest BCUT2D eigenvalue weighted by molar-refractivity contribution is 0.0571. The van der Waals surface area contributed by atoms with E-state index in [1.54, 1.807) is 0 Å². The number of nitrogens with two attached hydrogens (primary N) is 1. The minimum absolute atomic E-state index is 0.485. The Morgan fingerprint density at radius 1 is 1.73 bits per heavy atom. The molecule has 11 heavy (non-hydrogen) atoms. The van der Waals surface area contributed by atoms with Gasteiger partial charge in [-0.2, -0.15) is 0 Å². The highest BCUT2D eigenvalue weighted by Gasteiger charge is 2.20. The second-order valence-electron chi connectivity index (χ2n) is 3.04. The van der Waals surface area contributed by atoms with Crippen LogP contribution in [0.1, 0.15) is 13.3 Å². The molecule has 3 heteroatoms. The van der Waals surface area contributed by atoms with E-state index in [1.165, 1.54) is 0 Å². The molecule has 0 radical (unpaired) electrons. The molecule has 1 fully saturated rings. The van der Waals surface area contributed by atoms with E-state index < -0.39 is 0 Å². The van der Waals surface area contributed by atoms with Crippen LogP contribution in [0.5, 0.6) is 0 Å². The lowest BCUT2D eigenvalue weighted by Crippen LogP contribution is -2.47. The van der Waals surface area contributed by atoms with Crippen molar-refractivity contribution >= 4 is 0 Å². The van der Waals surface area contributed by atoms with E-state index >= 15 is 0 Å². The molecule has 1 aliphatic heterocycles. The van der Waals surface area contributed by atoms with Gasteiger partial charge in [0.05, 0.1) is 13.2 Å². The van der Waals surface area contributed by atoms with Crippen LogP contribution >= 0.6 is 0 Å². The number of ether oxygens (including phenoxy) is 1. The Kier molecular flexibility index (Phi) is 3.83. The molecule has 0 saturated carbocycles. The average molecular weight is 158 g/mol. The van der Waals surface area contributed by atoms with Gasteiger partial charge in [0.2, 0.25) is 0 Å². The van der Waals surface area contributed by atoms with E-state index in [-0.39, 0.29) is 0 Å². The van der Waals surface area contributed by atoms with Crippen LogP contribution in [0.3, 0.4) is 0 Å². The molecule has 1 saturated heterocycles. The van der Waals surface area contributed by atoms with Crippen LogP contribution in [0.4, 0.5) is 0 Å². The summed E-state index contributed by atoms with van der Waals surface area (Å²) in [5, 5.41) is 3.42. The molecule has 1 aliphatic rings. The van der Waals surface area contributed by atoms with Crippen molar-refractivity contribution in [1.82, 2.24) is 5.32 Å². The molecule has 2 atom stereocenters. The molecule has 0 aliphatic carbocycles. The second-order valence-corrected chi connectivity index (χ2v) is 3.04. The van der Waals surface area contributed by atoms with Crippen molar-refractivity contribution in [2.75, 3.05) is 26.3 Å². The lowest BCUT2D eigenvalue weighted by atomic mass is 9.97. The van der Waals surface area contributed by atoms with E-state index in [2.05, 4.69) is 12.2 Å². The molecule has 1 rings (SSSR count). The molecule has 0 spiro atoms. The summed E-state index contributed by atoms with van der Waals surface area (Å²) in [4.78, 5) is 0. The van der Waals surface area contributed by atoms with Crippen molar-refractivity contribution in [2.24, 2.45) is 11.7 Å².